The molecule has 17 heavy (non-hydrogen) atoms. The highest BCUT2D eigenvalue weighted by Crippen LogP contribution is 2.45. The Morgan fingerprint density at radius 3 is 2.82 bits per heavy atom. The molecule has 1 heterocycles. The molecule has 0 unspecified atom stereocenters. The number of thioether (sulfide) groups is 1. The van der Waals surface area contributed by atoms with Gasteiger partial charge in [0.2, 0.25) is 0 Å². The number of rotatable bonds is 3. The average Bonchev–Trinajstić information content (AvgIpc) is 2.69. The Morgan fingerprint density at radius 1 is 1.59 bits per heavy atom. The summed E-state index contributed by atoms with van der Waals surface area (Å²) in [5, 5.41) is 7.36. The Bertz CT molecular complexity index is 531. The molecule has 0 fully saturated rings. The first kappa shape index (κ1) is 12.7. The smallest absolute Gasteiger partial charge is 0.259 e. The monoisotopic (exact) mass is 284 g/mol. The SMILES string of the molecule is CSc1sc(C(N)=O)c2c1C(S)=C(C=N)CC2. The van der Waals surface area contributed by atoms with Crippen LogP contribution >= 0.6 is 35.7 Å². The van der Waals surface area contributed by atoms with E-state index < -0.39 is 0 Å². The molecule has 1 aliphatic rings. The Morgan fingerprint density at radius 2 is 2.29 bits per heavy atom. The van der Waals surface area contributed by atoms with E-state index in [1.54, 1.807) is 11.8 Å². The van der Waals surface area contributed by atoms with Crippen molar-refractivity contribution in [1.29, 1.82) is 5.41 Å². The Balaban J connectivity index is 2.69. The summed E-state index contributed by atoms with van der Waals surface area (Å²) in [5.74, 6) is -0.369. The van der Waals surface area contributed by atoms with Gasteiger partial charge in [0.15, 0.2) is 0 Å². The van der Waals surface area contributed by atoms with Crippen molar-refractivity contribution in [1.82, 2.24) is 0 Å². The van der Waals surface area contributed by atoms with E-state index in [0.717, 1.165) is 38.7 Å². The van der Waals surface area contributed by atoms with Crippen molar-refractivity contribution in [3.8, 4) is 0 Å². The number of hydrogen-bond acceptors (Lipinski definition) is 5. The lowest BCUT2D eigenvalue weighted by molar-refractivity contribution is 0.100. The van der Waals surface area contributed by atoms with Gasteiger partial charge in [-0.15, -0.1) is 35.7 Å². The molecular formula is C11H12N2OS3. The van der Waals surface area contributed by atoms with Crippen LogP contribution in [0.25, 0.3) is 4.91 Å². The van der Waals surface area contributed by atoms with E-state index in [0.29, 0.717) is 4.88 Å². The number of amides is 1. The van der Waals surface area contributed by atoms with Crippen molar-refractivity contribution in [2.24, 2.45) is 5.73 Å². The fraction of sp³-hybridized carbons (Fsp3) is 0.273. The van der Waals surface area contributed by atoms with Gasteiger partial charge in [-0.25, -0.2) is 0 Å². The molecule has 0 bridgehead atoms. The lowest BCUT2D eigenvalue weighted by Crippen LogP contribution is -2.13. The van der Waals surface area contributed by atoms with Gasteiger partial charge in [0, 0.05) is 16.7 Å². The van der Waals surface area contributed by atoms with Crippen LogP contribution in [0.1, 0.15) is 27.2 Å². The number of thiophene rings is 1. The first-order chi connectivity index (χ1) is 8.10. The van der Waals surface area contributed by atoms with Crippen molar-refractivity contribution >= 4 is 52.8 Å². The van der Waals surface area contributed by atoms with Gasteiger partial charge in [0.1, 0.15) is 0 Å². The second-order valence-corrected chi connectivity index (χ2v) is 6.20. The third kappa shape index (κ3) is 2.05. The van der Waals surface area contributed by atoms with Gasteiger partial charge in [-0.1, -0.05) is 0 Å². The third-order valence-electron chi connectivity index (χ3n) is 2.74. The number of carbonyl (C=O) groups excluding carboxylic acids is 1. The van der Waals surface area contributed by atoms with Crippen molar-refractivity contribution in [2.75, 3.05) is 6.26 Å². The van der Waals surface area contributed by atoms with Crippen LogP contribution in [-0.4, -0.2) is 18.4 Å². The first-order valence-electron chi connectivity index (χ1n) is 5.02. The predicted octanol–water partition coefficient (Wildman–Crippen LogP) is 2.81. The highest BCUT2D eigenvalue weighted by Gasteiger charge is 2.26. The topological polar surface area (TPSA) is 66.9 Å². The number of primary amides is 1. The van der Waals surface area contributed by atoms with E-state index in [4.69, 9.17) is 11.1 Å². The molecule has 1 aromatic heterocycles. The number of fused-ring (bicyclic) bond motifs is 1. The van der Waals surface area contributed by atoms with Crippen LogP contribution in [0, 0.1) is 5.41 Å². The van der Waals surface area contributed by atoms with Crippen LogP contribution in [0.15, 0.2) is 9.78 Å². The third-order valence-corrected chi connectivity index (χ3v) is 5.62. The molecule has 3 nitrogen and oxygen atoms in total. The number of thiol groups is 1. The summed E-state index contributed by atoms with van der Waals surface area (Å²) >= 11 is 7.51. The molecule has 1 aromatic rings. The minimum absolute atomic E-state index is 0.369. The number of nitrogens with two attached hydrogens (primary N) is 1. The molecule has 0 aromatic carbocycles. The van der Waals surface area contributed by atoms with Gasteiger partial charge < -0.3 is 11.1 Å². The maximum atomic E-state index is 11.4. The van der Waals surface area contributed by atoms with Gasteiger partial charge in [-0.2, -0.15) is 0 Å². The van der Waals surface area contributed by atoms with Crippen molar-refractivity contribution in [3.05, 3.63) is 21.6 Å². The molecule has 0 saturated carbocycles. The van der Waals surface area contributed by atoms with E-state index in [1.165, 1.54) is 17.6 Å². The summed E-state index contributed by atoms with van der Waals surface area (Å²) in [7, 11) is 0. The van der Waals surface area contributed by atoms with Crippen LogP contribution in [0.3, 0.4) is 0 Å². The Labute approximate surface area is 113 Å². The quantitative estimate of drug-likeness (QED) is 0.454. The largest absolute Gasteiger partial charge is 0.365 e. The predicted molar refractivity (Wildman–Crippen MR) is 77.6 cm³/mol. The zero-order valence-electron chi connectivity index (χ0n) is 9.24. The molecule has 1 aliphatic carbocycles. The van der Waals surface area contributed by atoms with Crippen LogP contribution in [0.5, 0.6) is 0 Å². The van der Waals surface area contributed by atoms with Gasteiger partial charge in [0.05, 0.1) is 9.09 Å². The molecule has 0 spiro atoms. The Hall–Kier alpha value is -0.720. The van der Waals surface area contributed by atoms with Gasteiger partial charge in [0.25, 0.3) is 5.91 Å². The highest BCUT2D eigenvalue weighted by molar-refractivity contribution is 8.00. The van der Waals surface area contributed by atoms with E-state index in [1.807, 2.05) is 6.26 Å². The van der Waals surface area contributed by atoms with Crippen LogP contribution < -0.4 is 5.73 Å². The summed E-state index contributed by atoms with van der Waals surface area (Å²) in [4.78, 5) is 12.9. The summed E-state index contributed by atoms with van der Waals surface area (Å²) < 4.78 is 1.05. The van der Waals surface area contributed by atoms with E-state index >= 15 is 0 Å². The van der Waals surface area contributed by atoms with Crippen molar-refractivity contribution in [3.63, 3.8) is 0 Å². The molecule has 3 N–H and O–H groups in total. The molecule has 0 saturated heterocycles. The summed E-state index contributed by atoms with van der Waals surface area (Å²) in [6, 6.07) is 0. The summed E-state index contributed by atoms with van der Waals surface area (Å²) in [6.07, 6.45) is 4.83. The minimum Gasteiger partial charge on any atom is -0.365 e. The lowest BCUT2D eigenvalue weighted by Gasteiger charge is -2.16. The molecule has 0 atom stereocenters. The maximum absolute atomic E-state index is 11.4. The fourth-order valence-electron chi connectivity index (χ4n) is 1.94. The number of hydrogen-bond donors (Lipinski definition) is 3. The molecule has 0 aliphatic heterocycles. The van der Waals surface area contributed by atoms with E-state index in [9.17, 15) is 4.79 Å². The van der Waals surface area contributed by atoms with Gasteiger partial charge >= 0.3 is 0 Å². The number of allylic oxidation sites excluding steroid dienone is 1. The zero-order chi connectivity index (χ0) is 12.6. The van der Waals surface area contributed by atoms with Gasteiger partial charge in [-0.05, 0) is 30.2 Å². The zero-order valence-corrected chi connectivity index (χ0v) is 11.8. The summed E-state index contributed by atoms with van der Waals surface area (Å²) in [5.41, 5.74) is 8.32. The normalized spacial score (nSPS) is 14.7. The molecular weight excluding hydrogens is 272 g/mol. The minimum atomic E-state index is -0.369. The highest BCUT2D eigenvalue weighted by atomic mass is 32.2. The molecule has 6 heteroatoms. The second kappa shape index (κ2) is 4.88. The summed E-state index contributed by atoms with van der Waals surface area (Å²) in [6.45, 7) is 0. The first-order valence-corrected chi connectivity index (χ1v) is 7.51. The molecule has 0 radical (unpaired) electrons. The molecule has 2 rings (SSSR count). The van der Waals surface area contributed by atoms with Crippen molar-refractivity contribution < 1.29 is 4.79 Å². The van der Waals surface area contributed by atoms with Crippen LogP contribution in [0.4, 0.5) is 0 Å². The number of carbonyl (C=O) groups is 1. The van der Waals surface area contributed by atoms with Crippen LogP contribution in [0.2, 0.25) is 0 Å². The average molecular weight is 284 g/mol. The standard InChI is InChI=1S/C11H12N2OS3/c1-16-11-7-6(9(17-11)10(13)14)3-2-5(4-12)8(7)15/h4,12,15H,2-3H2,1H3,(H2,13,14). The molecule has 90 valence electrons. The molecule has 1 amide bonds. The fourth-order valence-corrected chi connectivity index (χ4v) is 4.47. The maximum Gasteiger partial charge on any atom is 0.259 e. The van der Waals surface area contributed by atoms with E-state index in [2.05, 4.69) is 12.6 Å². The Kier molecular flexibility index (Phi) is 3.65. The van der Waals surface area contributed by atoms with Crippen molar-refractivity contribution in [2.45, 2.75) is 17.1 Å². The second-order valence-electron chi connectivity index (χ2n) is 3.66. The van der Waals surface area contributed by atoms with E-state index in [-0.39, 0.29) is 5.91 Å². The number of nitrogens with one attached hydrogen (secondary N) is 1. The lowest BCUT2D eigenvalue weighted by atomic mass is 9.94. The van der Waals surface area contributed by atoms with Gasteiger partial charge in [-0.3, -0.25) is 4.79 Å². The van der Waals surface area contributed by atoms with Crippen LogP contribution in [-0.2, 0) is 6.42 Å².